The van der Waals surface area contributed by atoms with E-state index in [0.29, 0.717) is 11.3 Å². The summed E-state index contributed by atoms with van der Waals surface area (Å²) >= 11 is 1.18. The number of hydrogen-bond donors (Lipinski definition) is 2. The number of amides is 1. The van der Waals surface area contributed by atoms with Crippen molar-refractivity contribution in [2.24, 2.45) is 0 Å². The minimum absolute atomic E-state index is 0.284. The highest BCUT2D eigenvalue weighted by Crippen LogP contribution is 2.29. The summed E-state index contributed by atoms with van der Waals surface area (Å²) in [6.07, 6.45) is 2.73. The normalized spacial score (nSPS) is 15.0. The fourth-order valence-corrected chi connectivity index (χ4v) is 4.43. The fourth-order valence-electron chi connectivity index (χ4n) is 3.93. The van der Waals surface area contributed by atoms with Crippen molar-refractivity contribution in [2.45, 2.75) is 38.8 Å². The summed E-state index contributed by atoms with van der Waals surface area (Å²) < 4.78 is 4.93. The molecule has 1 heterocycles. The van der Waals surface area contributed by atoms with Gasteiger partial charge in [-0.2, -0.15) is 0 Å². The maximum Gasteiger partial charge on any atom is 0.326 e. The molecular formula is C24H30N2O4S. The summed E-state index contributed by atoms with van der Waals surface area (Å²) in [4.78, 5) is 27.2. The Kier molecular flexibility index (Phi) is 8.51. The first-order valence-electron chi connectivity index (χ1n) is 10.6. The van der Waals surface area contributed by atoms with Crippen LogP contribution in [-0.4, -0.2) is 53.9 Å². The first-order valence-corrected chi connectivity index (χ1v) is 11.5. The quantitative estimate of drug-likeness (QED) is 0.426. The van der Waals surface area contributed by atoms with Crippen LogP contribution in [0, 0.1) is 6.92 Å². The van der Waals surface area contributed by atoms with Crippen LogP contribution in [0.3, 0.4) is 0 Å². The molecule has 1 saturated heterocycles. The lowest BCUT2D eigenvalue weighted by Gasteiger charge is -2.19. The molecule has 0 saturated carbocycles. The number of likely N-dealkylation sites (tertiary alicyclic amines) is 1. The van der Waals surface area contributed by atoms with Crippen molar-refractivity contribution in [2.75, 3.05) is 26.0 Å². The Morgan fingerprint density at radius 2 is 1.90 bits per heavy atom. The lowest BCUT2D eigenvalue weighted by Crippen LogP contribution is -2.41. The van der Waals surface area contributed by atoms with Crippen molar-refractivity contribution < 1.29 is 18.9 Å². The number of carboxylic acid groups (broad SMARTS) is 1. The molecule has 3 rings (SSSR count). The molecule has 1 aliphatic heterocycles. The highest BCUT2D eigenvalue weighted by Gasteiger charge is 2.23. The Hall–Kier alpha value is -2.35. The van der Waals surface area contributed by atoms with Crippen molar-refractivity contribution in [3.8, 4) is 11.1 Å². The van der Waals surface area contributed by atoms with Gasteiger partial charge in [0.15, 0.2) is 0 Å². The van der Waals surface area contributed by atoms with Crippen LogP contribution in [0.5, 0.6) is 0 Å². The number of nitrogens with zero attached hydrogens (tertiary/aromatic N) is 1. The molecule has 0 bridgehead atoms. The van der Waals surface area contributed by atoms with Crippen LogP contribution in [0.15, 0.2) is 42.5 Å². The second-order valence-electron chi connectivity index (χ2n) is 7.82. The summed E-state index contributed by atoms with van der Waals surface area (Å²) in [5.74, 6) is -0.943. The Morgan fingerprint density at radius 1 is 1.16 bits per heavy atom. The van der Waals surface area contributed by atoms with Crippen LogP contribution in [0.25, 0.3) is 11.1 Å². The zero-order valence-corrected chi connectivity index (χ0v) is 18.9. The van der Waals surface area contributed by atoms with Crippen molar-refractivity contribution >= 4 is 23.9 Å². The number of rotatable bonds is 10. The second-order valence-corrected chi connectivity index (χ2v) is 8.80. The van der Waals surface area contributed by atoms with Gasteiger partial charge in [-0.1, -0.05) is 30.3 Å². The van der Waals surface area contributed by atoms with E-state index in [2.05, 4.69) is 16.3 Å². The molecule has 7 heteroatoms. The Bertz CT molecular complexity index is 912. The molecule has 1 atom stereocenters. The standard InChI is InChI=1S/C24H30N2O4S/c1-17-7-3-4-8-19(17)21-15-18(16-26-12-5-6-13-26)9-10-20(21)23(27)25-22(24(28)29)11-14-31-30-2/h3-4,7-10,15,22H,5-6,11-14,16H2,1-2H3,(H,25,27)(H,28,29). The van der Waals surface area contributed by atoms with Gasteiger partial charge in [0, 0.05) is 17.9 Å². The fraction of sp³-hybridized carbons (Fsp3) is 0.417. The molecule has 6 nitrogen and oxygen atoms in total. The third-order valence-electron chi connectivity index (χ3n) is 5.58. The molecule has 1 amide bonds. The number of hydrogen-bond acceptors (Lipinski definition) is 5. The Balaban J connectivity index is 1.89. The maximum absolute atomic E-state index is 13.1. The van der Waals surface area contributed by atoms with Gasteiger partial charge in [0.05, 0.1) is 7.11 Å². The van der Waals surface area contributed by atoms with E-state index in [1.54, 1.807) is 0 Å². The first-order chi connectivity index (χ1) is 15.0. The summed E-state index contributed by atoms with van der Waals surface area (Å²) in [6.45, 7) is 5.07. The molecule has 166 valence electrons. The molecule has 0 radical (unpaired) electrons. The smallest absolute Gasteiger partial charge is 0.326 e. The van der Waals surface area contributed by atoms with Gasteiger partial charge in [0.2, 0.25) is 0 Å². The average molecular weight is 443 g/mol. The number of benzene rings is 2. The Morgan fingerprint density at radius 3 is 2.58 bits per heavy atom. The summed E-state index contributed by atoms with van der Waals surface area (Å²) in [5.41, 5.74) is 4.54. The molecule has 1 aliphatic rings. The molecule has 0 aromatic heterocycles. The topological polar surface area (TPSA) is 78.9 Å². The lowest BCUT2D eigenvalue weighted by molar-refractivity contribution is -0.139. The van der Waals surface area contributed by atoms with Crippen LogP contribution in [0.4, 0.5) is 0 Å². The van der Waals surface area contributed by atoms with E-state index in [4.69, 9.17) is 4.18 Å². The van der Waals surface area contributed by atoms with E-state index in [1.165, 1.54) is 32.0 Å². The van der Waals surface area contributed by atoms with Gasteiger partial charge < -0.3 is 14.6 Å². The van der Waals surface area contributed by atoms with Crippen LogP contribution >= 0.6 is 12.0 Å². The number of nitrogens with one attached hydrogen (secondary N) is 1. The number of aliphatic carboxylic acids is 1. The molecule has 2 aromatic carbocycles. The number of carboxylic acids is 1. The minimum Gasteiger partial charge on any atom is -0.480 e. The van der Waals surface area contributed by atoms with Gasteiger partial charge in [-0.15, -0.1) is 0 Å². The molecule has 2 aromatic rings. The van der Waals surface area contributed by atoms with Gasteiger partial charge >= 0.3 is 5.97 Å². The number of carbonyl (C=O) groups is 2. The maximum atomic E-state index is 13.1. The van der Waals surface area contributed by atoms with Gasteiger partial charge in [-0.05, 0) is 85.7 Å². The molecule has 31 heavy (non-hydrogen) atoms. The van der Waals surface area contributed by atoms with Crippen LogP contribution in [-0.2, 0) is 15.5 Å². The Labute approximate surface area is 188 Å². The monoisotopic (exact) mass is 442 g/mol. The van der Waals surface area contributed by atoms with Crippen molar-refractivity contribution in [3.63, 3.8) is 0 Å². The predicted octanol–water partition coefficient (Wildman–Crippen LogP) is 4.13. The van der Waals surface area contributed by atoms with Gasteiger partial charge in [0.25, 0.3) is 5.91 Å². The van der Waals surface area contributed by atoms with E-state index in [0.717, 1.165) is 41.9 Å². The number of aryl methyl sites for hydroxylation is 1. The summed E-state index contributed by atoms with van der Waals surface area (Å²) in [5, 5.41) is 12.2. The molecule has 0 aliphatic carbocycles. The van der Waals surface area contributed by atoms with E-state index in [-0.39, 0.29) is 12.3 Å². The van der Waals surface area contributed by atoms with Crippen molar-refractivity contribution in [3.05, 3.63) is 59.2 Å². The highest BCUT2D eigenvalue weighted by atomic mass is 32.2. The molecule has 2 N–H and O–H groups in total. The largest absolute Gasteiger partial charge is 0.480 e. The molecular weight excluding hydrogens is 412 g/mol. The van der Waals surface area contributed by atoms with Gasteiger partial charge in [0.1, 0.15) is 6.04 Å². The molecule has 0 spiro atoms. The zero-order chi connectivity index (χ0) is 22.2. The second kappa shape index (κ2) is 11.3. The minimum atomic E-state index is -1.05. The van der Waals surface area contributed by atoms with Gasteiger partial charge in [-0.25, -0.2) is 4.79 Å². The van der Waals surface area contributed by atoms with Gasteiger partial charge in [-0.3, -0.25) is 9.69 Å². The SMILES string of the molecule is COSCCC(NC(=O)c1ccc(CN2CCCC2)cc1-c1ccccc1C)C(=O)O. The first kappa shape index (κ1) is 23.3. The highest BCUT2D eigenvalue weighted by molar-refractivity contribution is 7.94. The summed E-state index contributed by atoms with van der Waals surface area (Å²) in [7, 11) is 1.54. The third kappa shape index (κ3) is 6.32. The van der Waals surface area contributed by atoms with Crippen molar-refractivity contribution in [1.29, 1.82) is 0 Å². The van der Waals surface area contributed by atoms with E-state index in [9.17, 15) is 14.7 Å². The van der Waals surface area contributed by atoms with E-state index < -0.39 is 12.0 Å². The van der Waals surface area contributed by atoms with Crippen LogP contribution in [0.2, 0.25) is 0 Å². The van der Waals surface area contributed by atoms with Crippen LogP contribution in [0.1, 0.15) is 40.7 Å². The molecule has 1 fully saturated rings. The van der Waals surface area contributed by atoms with E-state index >= 15 is 0 Å². The molecule has 1 unspecified atom stereocenters. The van der Waals surface area contributed by atoms with E-state index in [1.807, 2.05) is 43.3 Å². The number of carbonyl (C=O) groups excluding carboxylic acids is 1. The zero-order valence-electron chi connectivity index (χ0n) is 18.1. The average Bonchev–Trinajstić information content (AvgIpc) is 3.26. The lowest BCUT2D eigenvalue weighted by atomic mass is 9.93. The summed E-state index contributed by atoms with van der Waals surface area (Å²) in [6, 6.07) is 12.9. The van der Waals surface area contributed by atoms with Crippen molar-refractivity contribution in [1.82, 2.24) is 10.2 Å². The predicted molar refractivity (Wildman–Crippen MR) is 124 cm³/mol. The van der Waals surface area contributed by atoms with Crippen LogP contribution < -0.4 is 5.32 Å². The third-order valence-corrected chi connectivity index (χ3v) is 6.22.